The number of amides is 1. The predicted octanol–water partition coefficient (Wildman–Crippen LogP) is 5.21. The van der Waals surface area contributed by atoms with Gasteiger partial charge in [-0.25, -0.2) is 13.1 Å². The van der Waals surface area contributed by atoms with E-state index in [1.165, 1.54) is 25.3 Å². The maximum absolute atomic E-state index is 13.4. The van der Waals surface area contributed by atoms with E-state index in [-0.39, 0.29) is 22.3 Å². The molecule has 4 aliphatic rings. The molecule has 0 heterocycles. The summed E-state index contributed by atoms with van der Waals surface area (Å²) in [5, 5.41) is 2.82. The summed E-state index contributed by atoms with van der Waals surface area (Å²) in [6.07, 6.45) is 8.25. The summed E-state index contributed by atoms with van der Waals surface area (Å²) < 4.78 is 29.8. The average molecular weight is 453 g/mol. The van der Waals surface area contributed by atoms with Crippen molar-refractivity contribution >= 4 is 21.6 Å². The first-order chi connectivity index (χ1) is 15.4. The molecule has 5 nitrogen and oxygen atoms in total. The van der Waals surface area contributed by atoms with Crippen molar-refractivity contribution in [2.75, 3.05) is 5.32 Å². The number of hydrogen-bond donors (Lipinski definition) is 2. The van der Waals surface area contributed by atoms with Gasteiger partial charge in [0.2, 0.25) is 10.0 Å². The molecule has 6 rings (SSSR count). The van der Waals surface area contributed by atoms with E-state index in [0.29, 0.717) is 11.3 Å². The van der Waals surface area contributed by atoms with E-state index in [1.807, 2.05) is 18.2 Å². The predicted molar refractivity (Wildman–Crippen MR) is 126 cm³/mol. The summed E-state index contributed by atoms with van der Waals surface area (Å²) in [4.78, 5) is 12.8. The smallest absolute Gasteiger partial charge is 0.255 e. The lowest BCUT2D eigenvalue weighted by Crippen LogP contribution is -2.56. The highest BCUT2D eigenvalue weighted by atomic mass is 32.2. The van der Waals surface area contributed by atoms with Gasteiger partial charge in [0.25, 0.3) is 5.91 Å². The number of nitrogens with one attached hydrogen (secondary N) is 2. The van der Waals surface area contributed by atoms with Crippen molar-refractivity contribution in [3.05, 3.63) is 60.2 Å². The molecule has 0 spiro atoms. The van der Waals surface area contributed by atoms with Crippen LogP contribution in [0.5, 0.6) is 0 Å². The SMILES string of the molecule is CC[C@H](NS(=O)(=O)c1cccc(C(=O)Nc2ccccc2)c1)C12CC3CC(CC(C3)C1)C2. The van der Waals surface area contributed by atoms with Gasteiger partial charge in [-0.05, 0) is 98.4 Å². The van der Waals surface area contributed by atoms with Crippen molar-refractivity contribution in [3.8, 4) is 0 Å². The summed E-state index contributed by atoms with van der Waals surface area (Å²) in [7, 11) is -3.72. The van der Waals surface area contributed by atoms with E-state index in [1.54, 1.807) is 30.3 Å². The van der Waals surface area contributed by atoms with Crippen LogP contribution in [0.15, 0.2) is 59.5 Å². The van der Waals surface area contributed by atoms with Crippen LogP contribution in [0.3, 0.4) is 0 Å². The molecule has 0 unspecified atom stereocenters. The molecule has 1 amide bonds. The zero-order valence-corrected chi connectivity index (χ0v) is 19.4. The molecule has 1 atom stereocenters. The molecule has 4 fully saturated rings. The van der Waals surface area contributed by atoms with E-state index >= 15 is 0 Å². The lowest BCUT2D eigenvalue weighted by molar-refractivity contribution is -0.0704. The number of para-hydroxylation sites is 1. The molecule has 2 aromatic rings. The molecule has 0 saturated heterocycles. The molecule has 0 aliphatic heterocycles. The third-order valence-corrected chi connectivity index (χ3v) is 9.44. The number of carbonyl (C=O) groups excluding carboxylic acids is 1. The van der Waals surface area contributed by atoms with Gasteiger partial charge in [-0.1, -0.05) is 31.2 Å². The van der Waals surface area contributed by atoms with Crippen LogP contribution in [-0.2, 0) is 10.0 Å². The van der Waals surface area contributed by atoms with Gasteiger partial charge in [0.1, 0.15) is 0 Å². The summed E-state index contributed by atoms with van der Waals surface area (Å²) in [5.74, 6) is 1.99. The van der Waals surface area contributed by atoms with Crippen LogP contribution in [0.25, 0.3) is 0 Å². The van der Waals surface area contributed by atoms with Crippen molar-refractivity contribution in [1.29, 1.82) is 0 Å². The summed E-state index contributed by atoms with van der Waals surface area (Å²) in [6.45, 7) is 2.09. The third kappa shape index (κ3) is 4.11. The van der Waals surface area contributed by atoms with Crippen molar-refractivity contribution in [2.24, 2.45) is 23.2 Å². The first kappa shape index (κ1) is 21.7. The Morgan fingerprint density at radius 1 is 0.969 bits per heavy atom. The number of sulfonamides is 1. The third-order valence-electron chi connectivity index (χ3n) is 7.97. The fraction of sp³-hybridized carbons (Fsp3) is 0.500. The molecule has 2 aromatic carbocycles. The molecule has 32 heavy (non-hydrogen) atoms. The van der Waals surface area contributed by atoms with Gasteiger partial charge in [-0.2, -0.15) is 0 Å². The highest BCUT2D eigenvalue weighted by molar-refractivity contribution is 7.89. The molecule has 2 N–H and O–H groups in total. The first-order valence-corrected chi connectivity index (χ1v) is 13.3. The average Bonchev–Trinajstić information content (AvgIpc) is 2.77. The second kappa shape index (κ2) is 8.31. The van der Waals surface area contributed by atoms with Crippen LogP contribution in [0, 0.1) is 23.2 Å². The van der Waals surface area contributed by atoms with Crippen molar-refractivity contribution in [3.63, 3.8) is 0 Å². The van der Waals surface area contributed by atoms with E-state index in [4.69, 9.17) is 0 Å². The Bertz CT molecular complexity index is 1060. The Morgan fingerprint density at radius 2 is 1.59 bits per heavy atom. The van der Waals surface area contributed by atoms with E-state index in [0.717, 1.165) is 43.4 Å². The summed E-state index contributed by atoms with van der Waals surface area (Å²) in [6, 6.07) is 15.5. The number of benzene rings is 2. The number of anilines is 1. The molecule has 0 aromatic heterocycles. The topological polar surface area (TPSA) is 75.3 Å². The molecule has 6 heteroatoms. The molecule has 0 radical (unpaired) electrons. The monoisotopic (exact) mass is 452 g/mol. The number of rotatable bonds is 7. The fourth-order valence-corrected chi connectivity index (χ4v) is 8.50. The lowest BCUT2D eigenvalue weighted by Gasteiger charge is -2.59. The van der Waals surface area contributed by atoms with Crippen LogP contribution in [0.4, 0.5) is 5.69 Å². The Morgan fingerprint density at radius 3 is 2.19 bits per heavy atom. The zero-order chi connectivity index (χ0) is 22.3. The highest BCUT2D eigenvalue weighted by Crippen LogP contribution is 2.61. The van der Waals surface area contributed by atoms with Gasteiger partial charge in [0.15, 0.2) is 0 Å². The van der Waals surface area contributed by atoms with Crippen LogP contribution in [0.2, 0.25) is 0 Å². The summed E-state index contributed by atoms with van der Waals surface area (Å²) >= 11 is 0. The van der Waals surface area contributed by atoms with E-state index in [9.17, 15) is 13.2 Å². The van der Waals surface area contributed by atoms with Crippen molar-refractivity contribution in [1.82, 2.24) is 4.72 Å². The highest BCUT2D eigenvalue weighted by Gasteiger charge is 2.54. The minimum absolute atomic E-state index is 0.0531. The Kier molecular flexibility index (Phi) is 5.62. The van der Waals surface area contributed by atoms with Crippen molar-refractivity contribution < 1.29 is 13.2 Å². The van der Waals surface area contributed by atoms with Crippen LogP contribution in [-0.4, -0.2) is 20.4 Å². The van der Waals surface area contributed by atoms with Gasteiger partial charge in [-0.3, -0.25) is 4.79 Å². The minimum atomic E-state index is -3.72. The maximum Gasteiger partial charge on any atom is 0.255 e. The van der Waals surface area contributed by atoms with Crippen molar-refractivity contribution in [2.45, 2.75) is 62.8 Å². The number of hydrogen-bond acceptors (Lipinski definition) is 3. The molecule has 4 aliphatic carbocycles. The van der Waals surface area contributed by atoms with Crippen LogP contribution < -0.4 is 10.0 Å². The second-order valence-electron chi connectivity index (χ2n) is 10.2. The summed E-state index contributed by atoms with van der Waals surface area (Å²) in [5.41, 5.74) is 1.11. The first-order valence-electron chi connectivity index (χ1n) is 11.9. The van der Waals surface area contributed by atoms with Crippen LogP contribution in [0.1, 0.15) is 62.2 Å². The van der Waals surface area contributed by atoms with Crippen LogP contribution >= 0.6 is 0 Å². The quantitative estimate of drug-likeness (QED) is 0.605. The van der Waals surface area contributed by atoms with Gasteiger partial charge in [0, 0.05) is 17.3 Å². The largest absolute Gasteiger partial charge is 0.322 e. The van der Waals surface area contributed by atoms with Gasteiger partial charge in [0.05, 0.1) is 4.90 Å². The van der Waals surface area contributed by atoms with E-state index in [2.05, 4.69) is 17.0 Å². The fourth-order valence-electron chi connectivity index (χ4n) is 7.03. The zero-order valence-electron chi connectivity index (χ0n) is 18.6. The molecule has 170 valence electrons. The second-order valence-corrected chi connectivity index (χ2v) is 11.9. The molecular weight excluding hydrogens is 420 g/mol. The normalized spacial score (nSPS) is 29.6. The molecule has 4 saturated carbocycles. The minimum Gasteiger partial charge on any atom is -0.322 e. The number of carbonyl (C=O) groups is 1. The Hall–Kier alpha value is -2.18. The van der Waals surface area contributed by atoms with Gasteiger partial charge >= 0.3 is 0 Å². The van der Waals surface area contributed by atoms with Gasteiger partial charge in [-0.15, -0.1) is 0 Å². The maximum atomic E-state index is 13.4. The standard InChI is InChI=1S/C26H32N2O3S/c1-2-24(26-15-18-11-19(16-26)13-20(12-18)17-26)28-32(30,31)23-10-6-7-21(14-23)25(29)27-22-8-4-3-5-9-22/h3-10,14,18-20,24,28H,2,11-13,15-17H2,1H3,(H,27,29)/t18?,19?,20?,24-,26?/m0/s1. The Balaban J connectivity index is 1.35. The molecule has 4 bridgehead atoms. The molecular formula is C26H32N2O3S. The van der Waals surface area contributed by atoms with E-state index < -0.39 is 10.0 Å². The Labute approximate surface area is 191 Å². The van der Waals surface area contributed by atoms with Gasteiger partial charge < -0.3 is 5.32 Å². The lowest BCUT2D eigenvalue weighted by atomic mass is 9.47.